The van der Waals surface area contributed by atoms with E-state index in [2.05, 4.69) is 0 Å². The van der Waals surface area contributed by atoms with Crippen molar-refractivity contribution in [3.8, 4) is 0 Å². The van der Waals surface area contributed by atoms with Gasteiger partial charge in [0.15, 0.2) is 0 Å². The molecule has 0 radical (unpaired) electrons. The number of rotatable bonds is 4. The van der Waals surface area contributed by atoms with E-state index in [0.29, 0.717) is 0 Å². The predicted octanol–water partition coefficient (Wildman–Crippen LogP) is -3.90. The minimum absolute atomic E-state index is 0. The quantitative estimate of drug-likeness (QED) is 0.287. The first-order chi connectivity index (χ1) is 4.71. The van der Waals surface area contributed by atoms with Crippen molar-refractivity contribution in [2.24, 2.45) is 0 Å². The molecule has 0 bridgehead atoms. The van der Waals surface area contributed by atoms with Crippen molar-refractivity contribution in [1.82, 2.24) is 0 Å². The normalized spacial score (nSPS) is 12.2. The van der Waals surface area contributed by atoms with Crippen LogP contribution in [0.4, 0.5) is 0 Å². The van der Waals surface area contributed by atoms with Gasteiger partial charge in [0.25, 0.3) is 0 Å². The van der Waals surface area contributed by atoms with Gasteiger partial charge in [-0.2, -0.15) is 0 Å². The molecule has 0 heterocycles. The van der Waals surface area contributed by atoms with E-state index in [9.17, 15) is 17.5 Å². The Labute approximate surface area is 92.6 Å². The number of hydrogen-bond acceptors (Lipinski definition) is 4. The molecule has 0 rings (SSSR count). The fourth-order valence-electron chi connectivity index (χ4n) is 0.447. The summed E-state index contributed by atoms with van der Waals surface area (Å²) in [6.45, 7) is 0. The van der Waals surface area contributed by atoms with Gasteiger partial charge >= 0.3 is 37.2 Å². The van der Waals surface area contributed by atoms with Crippen LogP contribution in [-0.2, 0) is 14.7 Å². The van der Waals surface area contributed by atoms with E-state index in [1.54, 1.807) is 0 Å². The van der Waals surface area contributed by atoms with Gasteiger partial charge in [-0.3, -0.25) is 4.57 Å². The van der Waals surface area contributed by atoms with E-state index in [4.69, 9.17) is 9.79 Å². The van der Waals surface area contributed by atoms with E-state index in [1.807, 2.05) is 0 Å². The maximum Gasteiger partial charge on any atom is 1.00 e. The molecule has 0 aliphatic heterocycles. The van der Waals surface area contributed by atoms with Gasteiger partial charge < -0.3 is 14.3 Å². The van der Waals surface area contributed by atoms with Gasteiger partial charge in [-0.25, -0.2) is 8.42 Å². The summed E-state index contributed by atoms with van der Waals surface area (Å²) in [6.07, 6.45) is -0.857. The van der Waals surface area contributed by atoms with Crippen molar-refractivity contribution in [2.75, 3.05) is 11.9 Å². The monoisotopic (exact) mass is 226 g/mol. The Morgan fingerprint density at radius 2 is 1.75 bits per heavy atom. The van der Waals surface area contributed by atoms with Crippen LogP contribution >= 0.6 is 7.60 Å². The van der Waals surface area contributed by atoms with Gasteiger partial charge in [0, 0.05) is 5.75 Å². The second kappa shape index (κ2) is 5.72. The molecule has 0 unspecified atom stereocenters. The zero-order valence-corrected chi connectivity index (χ0v) is 10.2. The molecular weight excluding hydrogens is 218 g/mol. The Kier molecular flexibility index (Phi) is 7.40. The summed E-state index contributed by atoms with van der Waals surface area (Å²) in [5.74, 6) is -0.724. The summed E-state index contributed by atoms with van der Waals surface area (Å²) in [6, 6.07) is 0. The molecule has 0 saturated heterocycles. The minimum Gasteiger partial charge on any atom is -0.748 e. The molecule has 0 aromatic rings. The molecule has 0 aliphatic carbocycles. The molecule has 0 aromatic carbocycles. The standard InChI is InChI=1S/C3H9O6PS.Na/c4-10(5,6)2-1-3-11(7,8)9;/h1-3H2,(H2,4,5,6)(H,7,8,9);/q;+1/p-1. The summed E-state index contributed by atoms with van der Waals surface area (Å²) in [5, 5.41) is 0. The van der Waals surface area contributed by atoms with Crippen LogP contribution in [0, 0.1) is 0 Å². The summed E-state index contributed by atoms with van der Waals surface area (Å²) in [7, 11) is -8.49. The molecule has 0 amide bonds. The summed E-state index contributed by atoms with van der Waals surface area (Å²) >= 11 is 0. The Morgan fingerprint density at radius 3 is 2.00 bits per heavy atom. The van der Waals surface area contributed by atoms with Crippen LogP contribution in [0.3, 0.4) is 0 Å². The molecule has 12 heavy (non-hydrogen) atoms. The molecule has 0 aliphatic rings. The molecular formula is C3H8NaO6PS. The summed E-state index contributed by atoms with van der Waals surface area (Å²) in [5.41, 5.74) is 0. The fraction of sp³-hybridized carbons (Fsp3) is 1.00. The molecule has 68 valence electrons. The molecule has 9 heteroatoms. The first-order valence-electron chi connectivity index (χ1n) is 2.69. The van der Waals surface area contributed by atoms with Crippen LogP contribution in [0.1, 0.15) is 6.42 Å². The number of hydrogen-bond donors (Lipinski definition) is 2. The zero-order chi connectivity index (χ0) is 9.12. The van der Waals surface area contributed by atoms with Gasteiger partial charge in [0.1, 0.15) is 0 Å². The van der Waals surface area contributed by atoms with E-state index in [1.165, 1.54) is 0 Å². The fourth-order valence-corrected chi connectivity index (χ4v) is 1.73. The molecule has 6 nitrogen and oxygen atoms in total. The summed E-state index contributed by atoms with van der Waals surface area (Å²) in [4.78, 5) is 16.5. The Morgan fingerprint density at radius 1 is 1.33 bits per heavy atom. The van der Waals surface area contributed by atoms with Crippen molar-refractivity contribution >= 4 is 17.7 Å². The van der Waals surface area contributed by atoms with Crippen molar-refractivity contribution in [2.45, 2.75) is 6.42 Å². The van der Waals surface area contributed by atoms with Gasteiger partial charge in [0.05, 0.1) is 16.3 Å². The van der Waals surface area contributed by atoms with Crippen molar-refractivity contribution in [1.29, 1.82) is 0 Å². The van der Waals surface area contributed by atoms with Crippen LogP contribution in [-0.4, -0.2) is 34.7 Å². The SMILES string of the molecule is O=P(O)(O)CCCS(=O)(=O)[O-].[Na+]. The Bertz CT molecular complexity index is 254. The first-order valence-corrected chi connectivity index (χ1v) is 6.06. The maximum absolute atomic E-state index is 10.1. The van der Waals surface area contributed by atoms with Crippen LogP contribution in [0.5, 0.6) is 0 Å². The van der Waals surface area contributed by atoms with Crippen molar-refractivity contribution < 1.29 is 56.9 Å². The van der Waals surface area contributed by atoms with E-state index in [0.717, 1.165) is 0 Å². The average Bonchev–Trinajstić information content (AvgIpc) is 1.55. The van der Waals surface area contributed by atoms with Crippen LogP contribution in [0.25, 0.3) is 0 Å². The van der Waals surface area contributed by atoms with Crippen LogP contribution < -0.4 is 29.6 Å². The van der Waals surface area contributed by atoms with Gasteiger partial charge in [-0.15, -0.1) is 0 Å². The van der Waals surface area contributed by atoms with Crippen molar-refractivity contribution in [3.63, 3.8) is 0 Å². The van der Waals surface area contributed by atoms with Gasteiger partial charge in [0.2, 0.25) is 0 Å². The predicted molar refractivity (Wildman–Crippen MR) is 36.1 cm³/mol. The second-order valence-electron chi connectivity index (χ2n) is 2.00. The topological polar surface area (TPSA) is 115 Å². The Balaban J connectivity index is 0. The zero-order valence-electron chi connectivity index (χ0n) is 6.50. The van der Waals surface area contributed by atoms with E-state index in [-0.39, 0.29) is 36.0 Å². The maximum atomic E-state index is 10.1. The Hall–Kier alpha value is 1.06. The first kappa shape index (κ1) is 15.5. The average molecular weight is 226 g/mol. The van der Waals surface area contributed by atoms with Crippen LogP contribution in [0.15, 0.2) is 0 Å². The van der Waals surface area contributed by atoms with E-state index >= 15 is 0 Å². The molecule has 0 aromatic heterocycles. The van der Waals surface area contributed by atoms with Crippen LogP contribution in [0.2, 0.25) is 0 Å². The van der Waals surface area contributed by atoms with Gasteiger partial charge in [-0.05, 0) is 6.42 Å². The smallest absolute Gasteiger partial charge is 0.748 e. The third-order valence-corrected chi connectivity index (χ3v) is 2.53. The molecule has 0 fully saturated rings. The summed E-state index contributed by atoms with van der Waals surface area (Å²) < 4.78 is 39.8. The third kappa shape index (κ3) is 13.6. The molecule has 2 N–H and O–H groups in total. The van der Waals surface area contributed by atoms with E-state index < -0.39 is 29.6 Å². The van der Waals surface area contributed by atoms with Gasteiger partial charge in [-0.1, -0.05) is 0 Å². The molecule has 0 spiro atoms. The molecule has 0 saturated carbocycles. The second-order valence-corrected chi connectivity index (χ2v) is 5.30. The third-order valence-electron chi connectivity index (χ3n) is 0.844. The molecule has 0 atom stereocenters. The van der Waals surface area contributed by atoms with Crippen molar-refractivity contribution in [3.05, 3.63) is 0 Å². The largest absolute Gasteiger partial charge is 1.00 e. The minimum atomic E-state index is -4.34.